The number of benzene rings is 2. The van der Waals surface area contributed by atoms with Crippen molar-refractivity contribution in [2.75, 3.05) is 11.1 Å². The van der Waals surface area contributed by atoms with Crippen LogP contribution in [-0.4, -0.2) is 17.8 Å². The molecule has 1 unspecified atom stereocenters. The van der Waals surface area contributed by atoms with Gasteiger partial charge >= 0.3 is 0 Å². The summed E-state index contributed by atoms with van der Waals surface area (Å²) in [4.78, 5) is 13.3. The van der Waals surface area contributed by atoms with E-state index in [9.17, 15) is 4.79 Å². The zero-order chi connectivity index (χ0) is 15.9. The number of para-hydroxylation sites is 1. The third kappa shape index (κ3) is 4.68. The standard InChI is InChI=1S/C17H18ClNO2S/c1-3-22-16-7-5-4-6-15(16)19-17(20)12(2)21-14-10-8-13(18)9-11-14/h4-12H,3H2,1-2H3,(H,19,20). The Balaban J connectivity index is 2.01. The number of halogens is 1. The predicted octanol–water partition coefficient (Wildman–Crippen LogP) is 4.86. The van der Waals surface area contributed by atoms with Gasteiger partial charge in [0.2, 0.25) is 0 Å². The van der Waals surface area contributed by atoms with E-state index in [1.165, 1.54) is 0 Å². The molecule has 116 valence electrons. The Morgan fingerprint density at radius 3 is 2.59 bits per heavy atom. The lowest BCUT2D eigenvalue weighted by Crippen LogP contribution is -2.30. The Kier molecular flexibility index (Phi) is 6.16. The fraction of sp³-hybridized carbons (Fsp3) is 0.235. The van der Waals surface area contributed by atoms with Gasteiger partial charge < -0.3 is 10.1 Å². The van der Waals surface area contributed by atoms with Gasteiger partial charge in [-0.3, -0.25) is 4.79 Å². The number of hydrogen-bond acceptors (Lipinski definition) is 3. The smallest absolute Gasteiger partial charge is 0.265 e. The summed E-state index contributed by atoms with van der Waals surface area (Å²) in [6.07, 6.45) is -0.596. The lowest BCUT2D eigenvalue weighted by Gasteiger charge is -2.16. The highest BCUT2D eigenvalue weighted by Gasteiger charge is 2.16. The molecule has 3 nitrogen and oxygen atoms in total. The number of ether oxygens (including phenoxy) is 1. The Hall–Kier alpha value is -1.65. The molecule has 0 saturated carbocycles. The summed E-state index contributed by atoms with van der Waals surface area (Å²) < 4.78 is 5.63. The summed E-state index contributed by atoms with van der Waals surface area (Å²) in [6.45, 7) is 3.80. The van der Waals surface area contributed by atoms with Gasteiger partial charge in [-0.2, -0.15) is 0 Å². The second-order valence-electron chi connectivity index (χ2n) is 4.63. The molecule has 0 bridgehead atoms. The maximum atomic E-state index is 12.3. The first-order valence-electron chi connectivity index (χ1n) is 7.05. The third-order valence-corrected chi connectivity index (χ3v) is 4.15. The first-order valence-corrected chi connectivity index (χ1v) is 8.41. The van der Waals surface area contributed by atoms with Crippen molar-refractivity contribution in [2.24, 2.45) is 0 Å². The second kappa shape index (κ2) is 8.11. The topological polar surface area (TPSA) is 38.3 Å². The Morgan fingerprint density at radius 2 is 1.91 bits per heavy atom. The molecule has 0 spiro atoms. The van der Waals surface area contributed by atoms with Gasteiger partial charge in [0.15, 0.2) is 6.10 Å². The van der Waals surface area contributed by atoms with Crippen molar-refractivity contribution in [1.82, 2.24) is 0 Å². The van der Waals surface area contributed by atoms with Crippen LogP contribution in [0, 0.1) is 0 Å². The van der Waals surface area contributed by atoms with Crippen LogP contribution in [0.2, 0.25) is 5.02 Å². The first kappa shape index (κ1) is 16.7. The molecule has 0 heterocycles. The summed E-state index contributed by atoms with van der Waals surface area (Å²) >= 11 is 7.52. The van der Waals surface area contributed by atoms with E-state index >= 15 is 0 Å². The maximum Gasteiger partial charge on any atom is 0.265 e. The molecule has 0 fully saturated rings. The fourth-order valence-electron chi connectivity index (χ4n) is 1.86. The van der Waals surface area contributed by atoms with E-state index in [1.807, 2.05) is 24.3 Å². The van der Waals surface area contributed by atoms with Crippen LogP contribution in [0.3, 0.4) is 0 Å². The van der Waals surface area contributed by atoms with Gasteiger partial charge in [-0.25, -0.2) is 0 Å². The van der Waals surface area contributed by atoms with E-state index in [0.29, 0.717) is 10.8 Å². The van der Waals surface area contributed by atoms with Crippen molar-refractivity contribution >= 4 is 35.0 Å². The Labute approximate surface area is 140 Å². The summed E-state index contributed by atoms with van der Waals surface area (Å²) in [5.74, 6) is 1.38. The van der Waals surface area contributed by atoms with Crippen LogP contribution in [0.4, 0.5) is 5.69 Å². The van der Waals surface area contributed by atoms with Crippen molar-refractivity contribution in [1.29, 1.82) is 0 Å². The van der Waals surface area contributed by atoms with Crippen LogP contribution in [0.5, 0.6) is 5.75 Å². The Bertz CT molecular complexity index is 631. The number of anilines is 1. The third-order valence-electron chi connectivity index (χ3n) is 2.94. The average Bonchev–Trinajstić information content (AvgIpc) is 2.51. The molecule has 0 radical (unpaired) electrons. The molecule has 0 aliphatic rings. The van der Waals surface area contributed by atoms with Crippen LogP contribution in [-0.2, 0) is 4.79 Å². The molecule has 0 aromatic heterocycles. The minimum Gasteiger partial charge on any atom is -0.481 e. The highest BCUT2D eigenvalue weighted by Crippen LogP contribution is 2.27. The average molecular weight is 336 g/mol. The van der Waals surface area contributed by atoms with Crippen LogP contribution >= 0.6 is 23.4 Å². The lowest BCUT2D eigenvalue weighted by atomic mass is 10.3. The second-order valence-corrected chi connectivity index (χ2v) is 6.37. The summed E-state index contributed by atoms with van der Waals surface area (Å²) in [6, 6.07) is 14.7. The van der Waals surface area contributed by atoms with Crippen LogP contribution in [0.1, 0.15) is 13.8 Å². The summed E-state index contributed by atoms with van der Waals surface area (Å²) in [7, 11) is 0. The fourth-order valence-corrected chi connectivity index (χ4v) is 2.74. The lowest BCUT2D eigenvalue weighted by molar-refractivity contribution is -0.122. The number of rotatable bonds is 6. The molecule has 0 saturated heterocycles. The minimum atomic E-state index is -0.596. The van der Waals surface area contributed by atoms with E-state index in [-0.39, 0.29) is 5.91 Å². The predicted molar refractivity (Wildman–Crippen MR) is 93.0 cm³/mol. The van der Waals surface area contributed by atoms with E-state index in [1.54, 1.807) is 43.0 Å². The number of carbonyl (C=O) groups is 1. The molecule has 2 rings (SSSR count). The van der Waals surface area contributed by atoms with Crippen LogP contribution in [0.15, 0.2) is 53.4 Å². The minimum absolute atomic E-state index is 0.181. The number of carbonyl (C=O) groups excluding carboxylic acids is 1. The number of hydrogen-bond donors (Lipinski definition) is 1. The molecule has 5 heteroatoms. The van der Waals surface area contributed by atoms with Crippen molar-refractivity contribution in [3.63, 3.8) is 0 Å². The maximum absolute atomic E-state index is 12.3. The van der Waals surface area contributed by atoms with Gasteiger partial charge in [0.1, 0.15) is 5.75 Å². The van der Waals surface area contributed by atoms with Gasteiger partial charge in [-0.15, -0.1) is 11.8 Å². The molecule has 1 amide bonds. The van der Waals surface area contributed by atoms with Crippen molar-refractivity contribution < 1.29 is 9.53 Å². The molecule has 0 aliphatic carbocycles. The molecule has 2 aromatic rings. The quantitative estimate of drug-likeness (QED) is 0.766. The monoisotopic (exact) mass is 335 g/mol. The highest BCUT2D eigenvalue weighted by atomic mass is 35.5. The van der Waals surface area contributed by atoms with E-state index in [2.05, 4.69) is 12.2 Å². The van der Waals surface area contributed by atoms with Crippen molar-refractivity contribution in [3.8, 4) is 5.75 Å². The van der Waals surface area contributed by atoms with Gasteiger partial charge in [0.05, 0.1) is 5.69 Å². The van der Waals surface area contributed by atoms with Gasteiger partial charge in [0.25, 0.3) is 5.91 Å². The Morgan fingerprint density at radius 1 is 1.23 bits per heavy atom. The van der Waals surface area contributed by atoms with Gasteiger partial charge in [0, 0.05) is 9.92 Å². The molecule has 0 aliphatic heterocycles. The molecular weight excluding hydrogens is 318 g/mol. The molecule has 1 N–H and O–H groups in total. The zero-order valence-corrected chi connectivity index (χ0v) is 14.1. The zero-order valence-electron chi connectivity index (χ0n) is 12.5. The van der Waals surface area contributed by atoms with Crippen LogP contribution in [0.25, 0.3) is 0 Å². The van der Waals surface area contributed by atoms with E-state index in [0.717, 1.165) is 16.3 Å². The van der Waals surface area contributed by atoms with Gasteiger partial charge in [-0.05, 0) is 49.1 Å². The number of nitrogens with one attached hydrogen (secondary N) is 1. The first-order chi connectivity index (χ1) is 10.6. The van der Waals surface area contributed by atoms with Crippen molar-refractivity contribution in [3.05, 3.63) is 53.6 Å². The molecule has 2 aromatic carbocycles. The SMILES string of the molecule is CCSc1ccccc1NC(=O)C(C)Oc1ccc(Cl)cc1. The van der Waals surface area contributed by atoms with E-state index < -0.39 is 6.10 Å². The number of amides is 1. The number of thioether (sulfide) groups is 1. The van der Waals surface area contributed by atoms with Crippen molar-refractivity contribution in [2.45, 2.75) is 24.8 Å². The molecule has 22 heavy (non-hydrogen) atoms. The van der Waals surface area contributed by atoms with Gasteiger partial charge in [-0.1, -0.05) is 30.7 Å². The van der Waals surface area contributed by atoms with Crippen LogP contribution < -0.4 is 10.1 Å². The molecular formula is C17H18ClNO2S. The largest absolute Gasteiger partial charge is 0.481 e. The molecule has 1 atom stereocenters. The summed E-state index contributed by atoms with van der Waals surface area (Å²) in [5.41, 5.74) is 0.811. The normalized spacial score (nSPS) is 11.8. The van der Waals surface area contributed by atoms with E-state index in [4.69, 9.17) is 16.3 Å². The highest BCUT2D eigenvalue weighted by molar-refractivity contribution is 7.99. The summed E-state index contributed by atoms with van der Waals surface area (Å²) in [5, 5.41) is 3.55.